The van der Waals surface area contributed by atoms with Crippen LogP contribution in [-0.4, -0.2) is 19.7 Å². The van der Waals surface area contributed by atoms with Gasteiger partial charge in [0.1, 0.15) is 5.75 Å². The maximum atomic E-state index is 14.0. The Morgan fingerprint density at radius 2 is 2.17 bits per heavy atom. The Labute approximate surface area is 105 Å². The van der Waals surface area contributed by atoms with Crippen LogP contribution < -0.4 is 4.74 Å². The first-order chi connectivity index (χ1) is 8.67. The lowest BCUT2D eigenvalue weighted by Gasteiger charge is -2.06. The molecule has 0 aliphatic heterocycles. The van der Waals surface area contributed by atoms with Crippen LogP contribution in [0.2, 0.25) is 0 Å². The fraction of sp³-hybridized carbons (Fsp3) is 0.357. The van der Waals surface area contributed by atoms with E-state index in [-0.39, 0.29) is 6.61 Å². The molecular weight excluding hydrogens is 235 g/mol. The second-order valence-corrected chi connectivity index (χ2v) is 4.04. The van der Waals surface area contributed by atoms with Gasteiger partial charge in [0, 0.05) is 5.57 Å². The van der Waals surface area contributed by atoms with Crippen LogP contribution in [0.1, 0.15) is 24.5 Å². The first kappa shape index (κ1) is 12.6. The summed E-state index contributed by atoms with van der Waals surface area (Å²) in [5, 5.41) is 0. The lowest BCUT2D eigenvalue weighted by Crippen LogP contribution is -2.06. The van der Waals surface area contributed by atoms with Crippen LogP contribution in [0.5, 0.6) is 5.75 Å². The molecule has 2 rings (SSSR count). The van der Waals surface area contributed by atoms with Gasteiger partial charge in [-0.3, -0.25) is 0 Å². The lowest BCUT2D eigenvalue weighted by atomic mass is 10.1. The van der Waals surface area contributed by atoms with Gasteiger partial charge in [0.2, 0.25) is 5.83 Å². The molecule has 1 aliphatic rings. The van der Waals surface area contributed by atoms with Gasteiger partial charge in [0.15, 0.2) is 0 Å². The van der Waals surface area contributed by atoms with Crippen LogP contribution in [0, 0.1) is 0 Å². The van der Waals surface area contributed by atoms with Gasteiger partial charge in [0.25, 0.3) is 0 Å². The molecule has 0 amide bonds. The summed E-state index contributed by atoms with van der Waals surface area (Å²) < 4.78 is 23.8. The highest BCUT2D eigenvalue weighted by Crippen LogP contribution is 2.37. The molecule has 96 valence electrons. The van der Waals surface area contributed by atoms with Crippen LogP contribution in [-0.2, 0) is 16.0 Å². The van der Waals surface area contributed by atoms with Gasteiger partial charge >= 0.3 is 5.97 Å². The van der Waals surface area contributed by atoms with Crippen LogP contribution in [0.3, 0.4) is 0 Å². The molecular formula is C14H15FO3. The number of halogens is 1. The van der Waals surface area contributed by atoms with Crippen molar-refractivity contribution in [3.8, 4) is 5.75 Å². The first-order valence-corrected chi connectivity index (χ1v) is 5.90. The molecule has 0 N–H and O–H groups in total. The fourth-order valence-electron chi connectivity index (χ4n) is 2.12. The van der Waals surface area contributed by atoms with Gasteiger partial charge in [-0.2, -0.15) is 4.39 Å². The van der Waals surface area contributed by atoms with Crippen LogP contribution in [0.15, 0.2) is 24.0 Å². The zero-order chi connectivity index (χ0) is 13.1. The van der Waals surface area contributed by atoms with E-state index >= 15 is 0 Å². The van der Waals surface area contributed by atoms with Gasteiger partial charge in [0.05, 0.1) is 13.7 Å². The summed E-state index contributed by atoms with van der Waals surface area (Å²) >= 11 is 0. The number of aryl methyl sites for hydroxylation is 1. The maximum Gasteiger partial charge on any atom is 0.367 e. The third-order valence-corrected chi connectivity index (χ3v) is 3.01. The predicted molar refractivity (Wildman–Crippen MR) is 66.0 cm³/mol. The number of rotatable bonds is 3. The van der Waals surface area contributed by atoms with E-state index in [0.29, 0.717) is 17.7 Å². The molecule has 0 fully saturated rings. The van der Waals surface area contributed by atoms with E-state index in [1.807, 2.05) is 12.1 Å². The van der Waals surface area contributed by atoms with Gasteiger partial charge in [-0.1, -0.05) is 6.07 Å². The molecule has 1 aromatic carbocycles. The van der Waals surface area contributed by atoms with E-state index in [1.165, 1.54) is 0 Å². The van der Waals surface area contributed by atoms with E-state index in [4.69, 9.17) is 4.74 Å². The van der Waals surface area contributed by atoms with Crippen molar-refractivity contribution in [2.75, 3.05) is 13.7 Å². The average Bonchev–Trinajstić information content (AvgIpc) is 2.80. The van der Waals surface area contributed by atoms with Crippen LogP contribution in [0.25, 0.3) is 5.57 Å². The van der Waals surface area contributed by atoms with Crippen LogP contribution >= 0.6 is 0 Å². The first-order valence-electron chi connectivity index (χ1n) is 5.90. The summed E-state index contributed by atoms with van der Waals surface area (Å²) in [5.74, 6) is -1.02. The molecule has 0 aromatic heterocycles. The number of hydrogen-bond acceptors (Lipinski definition) is 3. The van der Waals surface area contributed by atoms with Crippen molar-refractivity contribution >= 4 is 11.5 Å². The normalized spacial score (nSPS) is 16.2. The third kappa shape index (κ3) is 2.23. The Bertz CT molecular complexity index is 506. The summed E-state index contributed by atoms with van der Waals surface area (Å²) in [7, 11) is 1.56. The number of benzene rings is 1. The van der Waals surface area contributed by atoms with E-state index in [1.54, 1.807) is 20.1 Å². The quantitative estimate of drug-likeness (QED) is 0.611. The fourth-order valence-corrected chi connectivity index (χ4v) is 2.12. The Kier molecular flexibility index (Phi) is 3.65. The van der Waals surface area contributed by atoms with Gasteiger partial charge in [-0.05, 0) is 43.0 Å². The number of fused-ring (bicyclic) bond motifs is 1. The van der Waals surface area contributed by atoms with E-state index in [9.17, 15) is 9.18 Å². The largest absolute Gasteiger partial charge is 0.497 e. The monoisotopic (exact) mass is 250 g/mol. The zero-order valence-electron chi connectivity index (χ0n) is 10.5. The summed E-state index contributed by atoms with van der Waals surface area (Å²) in [6.45, 7) is 1.83. The molecule has 0 atom stereocenters. The Morgan fingerprint density at radius 1 is 1.39 bits per heavy atom. The Balaban J connectivity index is 2.40. The third-order valence-electron chi connectivity index (χ3n) is 3.01. The average molecular weight is 250 g/mol. The number of esters is 1. The summed E-state index contributed by atoms with van der Waals surface area (Å²) in [6.07, 6.45) is 1.26. The highest BCUT2D eigenvalue weighted by molar-refractivity contribution is 5.96. The number of allylic oxidation sites excluding steroid dienone is 1. The highest BCUT2D eigenvalue weighted by atomic mass is 19.1. The van der Waals surface area contributed by atoms with Crippen molar-refractivity contribution in [3.05, 3.63) is 35.2 Å². The summed E-state index contributed by atoms with van der Waals surface area (Å²) in [6, 6.07) is 5.50. The number of ether oxygens (including phenoxy) is 2. The highest BCUT2D eigenvalue weighted by Gasteiger charge is 2.24. The van der Waals surface area contributed by atoms with Gasteiger partial charge < -0.3 is 9.47 Å². The number of hydrogen-bond donors (Lipinski definition) is 0. The van der Waals surface area contributed by atoms with Crippen molar-refractivity contribution in [2.24, 2.45) is 0 Å². The number of methoxy groups -OCH3 is 1. The van der Waals surface area contributed by atoms with Gasteiger partial charge in [-0.15, -0.1) is 0 Å². The smallest absolute Gasteiger partial charge is 0.367 e. The van der Waals surface area contributed by atoms with Crippen LogP contribution in [0.4, 0.5) is 4.39 Å². The Hall–Kier alpha value is -1.84. The maximum absolute atomic E-state index is 14.0. The van der Waals surface area contributed by atoms with Gasteiger partial charge in [-0.25, -0.2) is 4.79 Å². The molecule has 0 bridgehead atoms. The second kappa shape index (κ2) is 5.21. The minimum Gasteiger partial charge on any atom is -0.497 e. The standard InChI is InChI=1S/C14H15FO3/c1-3-18-14(16)13(15)11-7-5-9-4-6-10(17-2)8-12(9)11/h4,6,8H,3,5,7H2,1-2H3/b13-11-. The van der Waals surface area contributed by atoms with Crippen molar-refractivity contribution in [1.29, 1.82) is 0 Å². The molecule has 0 spiro atoms. The predicted octanol–water partition coefficient (Wildman–Crippen LogP) is 2.89. The number of carbonyl (C=O) groups excluding carboxylic acids is 1. The second-order valence-electron chi connectivity index (χ2n) is 4.04. The molecule has 0 unspecified atom stereocenters. The molecule has 3 nitrogen and oxygen atoms in total. The minimum absolute atomic E-state index is 0.171. The minimum atomic E-state index is -0.886. The van der Waals surface area contributed by atoms with E-state index < -0.39 is 11.8 Å². The molecule has 4 heteroatoms. The zero-order valence-corrected chi connectivity index (χ0v) is 10.5. The van der Waals surface area contributed by atoms with Crippen molar-refractivity contribution in [1.82, 2.24) is 0 Å². The summed E-state index contributed by atoms with van der Waals surface area (Å²) in [4.78, 5) is 11.4. The van der Waals surface area contributed by atoms with E-state index in [2.05, 4.69) is 4.74 Å². The molecule has 0 heterocycles. The van der Waals surface area contributed by atoms with E-state index in [0.717, 1.165) is 17.5 Å². The lowest BCUT2D eigenvalue weighted by molar-refractivity contribution is -0.140. The number of carbonyl (C=O) groups is 1. The Morgan fingerprint density at radius 3 is 2.83 bits per heavy atom. The topological polar surface area (TPSA) is 35.5 Å². The molecule has 18 heavy (non-hydrogen) atoms. The summed E-state index contributed by atoms with van der Waals surface area (Å²) in [5.41, 5.74) is 2.20. The molecule has 1 aliphatic carbocycles. The van der Waals surface area contributed by atoms with Crippen molar-refractivity contribution in [3.63, 3.8) is 0 Å². The molecule has 0 saturated carbocycles. The molecule has 0 radical (unpaired) electrons. The molecule has 0 saturated heterocycles. The van der Waals surface area contributed by atoms with Crippen molar-refractivity contribution < 1.29 is 18.7 Å². The SMILES string of the molecule is CCOC(=O)/C(F)=C1\CCc2ccc(OC)cc21. The molecule has 1 aromatic rings. The van der Waals surface area contributed by atoms with Crippen molar-refractivity contribution in [2.45, 2.75) is 19.8 Å².